The molecule has 0 aliphatic heterocycles. The van der Waals surface area contributed by atoms with Gasteiger partial charge in [0.15, 0.2) is 5.13 Å². The van der Waals surface area contributed by atoms with Gasteiger partial charge in [0.25, 0.3) is 6.43 Å². The molecule has 1 aromatic carbocycles. The SMILES string of the molecule is CN(CC(F)F)c1nc(CC(O)c2ccccc2)cs1. The molecule has 0 saturated heterocycles. The van der Waals surface area contributed by atoms with Crippen LogP contribution in [0.4, 0.5) is 13.9 Å². The molecule has 0 amide bonds. The number of hydrogen-bond donors (Lipinski definition) is 1. The molecule has 1 unspecified atom stereocenters. The second kappa shape index (κ2) is 6.76. The van der Waals surface area contributed by atoms with E-state index in [1.54, 1.807) is 12.4 Å². The van der Waals surface area contributed by atoms with E-state index in [1.165, 1.54) is 16.2 Å². The van der Waals surface area contributed by atoms with Gasteiger partial charge in [-0.3, -0.25) is 0 Å². The molecule has 1 N–H and O–H groups in total. The minimum atomic E-state index is -2.39. The monoisotopic (exact) mass is 298 g/mol. The molecule has 0 saturated carbocycles. The third-order valence-corrected chi connectivity index (χ3v) is 3.87. The lowest BCUT2D eigenvalue weighted by Crippen LogP contribution is -2.23. The Kier molecular flexibility index (Phi) is 5.03. The fraction of sp³-hybridized carbons (Fsp3) is 0.357. The average molecular weight is 298 g/mol. The largest absolute Gasteiger partial charge is 0.388 e. The third kappa shape index (κ3) is 3.98. The Labute approximate surface area is 120 Å². The van der Waals surface area contributed by atoms with E-state index in [0.717, 1.165) is 5.56 Å². The van der Waals surface area contributed by atoms with Crippen molar-refractivity contribution < 1.29 is 13.9 Å². The molecule has 0 fully saturated rings. The van der Waals surface area contributed by atoms with Crippen molar-refractivity contribution in [3.63, 3.8) is 0 Å². The van der Waals surface area contributed by atoms with Gasteiger partial charge in [0.05, 0.1) is 18.3 Å². The maximum Gasteiger partial charge on any atom is 0.255 e. The molecule has 0 bridgehead atoms. The number of rotatable bonds is 6. The quantitative estimate of drug-likeness (QED) is 0.890. The van der Waals surface area contributed by atoms with Crippen molar-refractivity contribution in [3.8, 4) is 0 Å². The first-order valence-corrected chi connectivity index (χ1v) is 7.11. The molecular weight excluding hydrogens is 282 g/mol. The molecule has 6 heteroatoms. The van der Waals surface area contributed by atoms with Crippen molar-refractivity contribution in [1.82, 2.24) is 4.98 Å². The van der Waals surface area contributed by atoms with Crippen molar-refractivity contribution in [3.05, 3.63) is 47.0 Å². The van der Waals surface area contributed by atoms with Gasteiger partial charge in [0.1, 0.15) is 0 Å². The van der Waals surface area contributed by atoms with E-state index in [9.17, 15) is 13.9 Å². The number of aliphatic hydroxyl groups is 1. The van der Waals surface area contributed by atoms with Crippen LogP contribution in [0.25, 0.3) is 0 Å². The van der Waals surface area contributed by atoms with Crippen LogP contribution in [0, 0.1) is 0 Å². The third-order valence-electron chi connectivity index (χ3n) is 2.86. The Hall–Kier alpha value is -1.53. The molecule has 0 spiro atoms. The Bertz CT molecular complexity index is 533. The number of thiazole rings is 1. The highest BCUT2D eigenvalue weighted by atomic mass is 32.1. The summed E-state index contributed by atoms with van der Waals surface area (Å²) in [5.74, 6) is 0. The van der Waals surface area contributed by atoms with Gasteiger partial charge in [-0.05, 0) is 5.56 Å². The first-order valence-electron chi connectivity index (χ1n) is 6.23. The standard InChI is InChI=1S/C14H16F2N2OS/c1-18(8-13(15)16)14-17-11(9-20-14)7-12(19)10-5-3-2-4-6-10/h2-6,9,12-13,19H,7-8H2,1H3. The Balaban J connectivity index is 1.99. The van der Waals surface area contributed by atoms with Gasteiger partial charge in [-0.2, -0.15) is 0 Å². The summed E-state index contributed by atoms with van der Waals surface area (Å²) < 4.78 is 24.6. The number of nitrogens with zero attached hydrogens (tertiary/aromatic N) is 2. The lowest BCUT2D eigenvalue weighted by atomic mass is 10.1. The second-order valence-corrected chi connectivity index (χ2v) is 5.36. The first kappa shape index (κ1) is 14.9. The van der Waals surface area contributed by atoms with Gasteiger partial charge in [0, 0.05) is 18.8 Å². The van der Waals surface area contributed by atoms with Crippen molar-refractivity contribution in [2.75, 3.05) is 18.5 Å². The smallest absolute Gasteiger partial charge is 0.255 e. The summed E-state index contributed by atoms with van der Waals surface area (Å²) in [6.07, 6.45) is -2.64. The summed E-state index contributed by atoms with van der Waals surface area (Å²) in [6, 6.07) is 9.31. The topological polar surface area (TPSA) is 36.4 Å². The lowest BCUT2D eigenvalue weighted by molar-refractivity contribution is 0.156. The molecular formula is C14H16F2N2OS. The normalized spacial score (nSPS) is 12.7. The zero-order chi connectivity index (χ0) is 14.5. The summed E-state index contributed by atoms with van der Waals surface area (Å²) >= 11 is 1.31. The summed E-state index contributed by atoms with van der Waals surface area (Å²) in [6.45, 7) is -0.339. The van der Waals surface area contributed by atoms with Crippen LogP contribution in [-0.2, 0) is 6.42 Å². The molecule has 0 aliphatic carbocycles. The van der Waals surface area contributed by atoms with Gasteiger partial charge >= 0.3 is 0 Å². The highest BCUT2D eigenvalue weighted by molar-refractivity contribution is 7.13. The summed E-state index contributed by atoms with van der Waals surface area (Å²) in [5.41, 5.74) is 1.53. The fourth-order valence-electron chi connectivity index (χ4n) is 1.84. The summed E-state index contributed by atoms with van der Waals surface area (Å²) in [5, 5.41) is 12.4. The van der Waals surface area contributed by atoms with Gasteiger partial charge in [0.2, 0.25) is 0 Å². The number of halogens is 2. The van der Waals surface area contributed by atoms with Crippen molar-refractivity contribution >= 4 is 16.5 Å². The molecule has 20 heavy (non-hydrogen) atoms. The predicted octanol–water partition coefficient (Wildman–Crippen LogP) is 3.12. The van der Waals surface area contributed by atoms with E-state index < -0.39 is 12.5 Å². The summed E-state index contributed by atoms with van der Waals surface area (Å²) in [7, 11) is 1.59. The Morgan fingerprint density at radius 3 is 2.65 bits per heavy atom. The second-order valence-electron chi connectivity index (χ2n) is 4.52. The van der Waals surface area contributed by atoms with Crippen LogP contribution < -0.4 is 4.90 Å². The van der Waals surface area contributed by atoms with Crippen LogP contribution >= 0.6 is 11.3 Å². The van der Waals surface area contributed by atoms with E-state index in [4.69, 9.17) is 0 Å². The molecule has 1 aromatic heterocycles. The zero-order valence-electron chi connectivity index (χ0n) is 11.0. The molecule has 108 valence electrons. The van der Waals surface area contributed by atoms with Crippen LogP contribution in [0.2, 0.25) is 0 Å². The van der Waals surface area contributed by atoms with E-state index >= 15 is 0 Å². The molecule has 0 aliphatic rings. The number of aliphatic hydroxyl groups excluding tert-OH is 1. The number of benzene rings is 1. The van der Waals surface area contributed by atoms with Crippen LogP contribution in [-0.4, -0.2) is 30.1 Å². The molecule has 1 heterocycles. The Morgan fingerprint density at radius 1 is 1.30 bits per heavy atom. The lowest BCUT2D eigenvalue weighted by Gasteiger charge is -2.14. The van der Waals surface area contributed by atoms with Crippen molar-refractivity contribution in [2.24, 2.45) is 0 Å². The van der Waals surface area contributed by atoms with E-state index in [0.29, 0.717) is 17.2 Å². The maximum atomic E-state index is 12.3. The molecule has 3 nitrogen and oxygen atoms in total. The zero-order valence-corrected chi connectivity index (χ0v) is 11.9. The number of anilines is 1. The van der Waals surface area contributed by atoms with Gasteiger partial charge in [-0.25, -0.2) is 13.8 Å². The van der Waals surface area contributed by atoms with E-state index in [2.05, 4.69) is 4.98 Å². The average Bonchev–Trinajstić information content (AvgIpc) is 2.87. The van der Waals surface area contributed by atoms with Gasteiger partial charge in [-0.15, -0.1) is 11.3 Å². The van der Waals surface area contributed by atoms with Gasteiger partial charge in [-0.1, -0.05) is 30.3 Å². The molecule has 2 aromatic rings. The minimum absolute atomic E-state index is 0.339. The summed E-state index contributed by atoms with van der Waals surface area (Å²) in [4.78, 5) is 5.70. The number of aromatic nitrogens is 1. The van der Waals surface area contributed by atoms with Crippen LogP contribution in [0.5, 0.6) is 0 Å². The van der Waals surface area contributed by atoms with Crippen molar-refractivity contribution in [1.29, 1.82) is 0 Å². The predicted molar refractivity (Wildman–Crippen MR) is 76.5 cm³/mol. The van der Waals surface area contributed by atoms with E-state index in [1.807, 2.05) is 30.3 Å². The maximum absolute atomic E-state index is 12.3. The van der Waals surface area contributed by atoms with Crippen LogP contribution in [0.3, 0.4) is 0 Å². The molecule has 0 radical (unpaired) electrons. The first-order chi connectivity index (χ1) is 9.56. The van der Waals surface area contributed by atoms with E-state index in [-0.39, 0.29) is 6.54 Å². The van der Waals surface area contributed by atoms with Crippen LogP contribution in [0.15, 0.2) is 35.7 Å². The fourth-order valence-corrected chi connectivity index (χ4v) is 2.66. The van der Waals surface area contributed by atoms with Crippen molar-refractivity contribution in [2.45, 2.75) is 19.0 Å². The Morgan fingerprint density at radius 2 is 2.00 bits per heavy atom. The molecule has 1 atom stereocenters. The molecule has 2 rings (SSSR count). The highest BCUT2D eigenvalue weighted by Crippen LogP contribution is 2.24. The minimum Gasteiger partial charge on any atom is -0.388 e. The number of alkyl halides is 2. The van der Waals surface area contributed by atoms with Crippen LogP contribution in [0.1, 0.15) is 17.4 Å². The number of hydrogen-bond acceptors (Lipinski definition) is 4. The van der Waals surface area contributed by atoms with Gasteiger partial charge < -0.3 is 10.0 Å². The highest BCUT2D eigenvalue weighted by Gasteiger charge is 2.14.